The van der Waals surface area contributed by atoms with Gasteiger partial charge >= 0.3 is 0 Å². The first kappa shape index (κ1) is 18.3. The van der Waals surface area contributed by atoms with Crippen LogP contribution in [0.5, 0.6) is 0 Å². The topological polar surface area (TPSA) is 86.3 Å². The van der Waals surface area contributed by atoms with Crippen molar-refractivity contribution in [2.45, 2.75) is 24.9 Å². The third kappa shape index (κ3) is 3.40. The van der Waals surface area contributed by atoms with E-state index in [9.17, 15) is 13.2 Å². The SMILES string of the molecule is C=CCn1c(=NC(=O)c2ccnn2CC)sc2cc(S(C)(=O)=O)ccc21. The van der Waals surface area contributed by atoms with Crippen molar-refractivity contribution in [2.24, 2.45) is 4.99 Å². The maximum Gasteiger partial charge on any atom is 0.297 e. The van der Waals surface area contributed by atoms with Crippen LogP contribution in [0.1, 0.15) is 17.4 Å². The van der Waals surface area contributed by atoms with Crippen LogP contribution in [0.15, 0.2) is 53.0 Å². The molecule has 3 rings (SSSR count). The molecule has 0 aliphatic rings. The molecule has 0 saturated carbocycles. The number of fused-ring (bicyclic) bond motifs is 1. The van der Waals surface area contributed by atoms with Gasteiger partial charge in [0, 0.05) is 25.5 Å². The number of rotatable bonds is 5. The van der Waals surface area contributed by atoms with Crippen LogP contribution in [-0.2, 0) is 22.9 Å². The minimum Gasteiger partial charge on any atom is -0.312 e. The van der Waals surface area contributed by atoms with E-state index in [1.54, 1.807) is 41.2 Å². The van der Waals surface area contributed by atoms with Crippen molar-refractivity contribution < 1.29 is 13.2 Å². The van der Waals surface area contributed by atoms with Crippen molar-refractivity contribution in [1.29, 1.82) is 0 Å². The van der Waals surface area contributed by atoms with Crippen molar-refractivity contribution in [3.63, 3.8) is 0 Å². The Balaban J connectivity index is 2.19. The van der Waals surface area contributed by atoms with Crippen LogP contribution in [0.4, 0.5) is 0 Å². The third-order valence-corrected chi connectivity index (χ3v) is 5.98. The van der Waals surface area contributed by atoms with Crippen molar-refractivity contribution in [2.75, 3.05) is 6.26 Å². The highest BCUT2D eigenvalue weighted by Crippen LogP contribution is 2.22. The summed E-state index contributed by atoms with van der Waals surface area (Å²) in [5.74, 6) is -0.392. The molecule has 2 aromatic heterocycles. The lowest BCUT2D eigenvalue weighted by molar-refractivity contribution is 0.0987. The first-order valence-corrected chi connectivity index (χ1v) is 10.6. The molecule has 0 radical (unpaired) electrons. The van der Waals surface area contributed by atoms with Crippen LogP contribution in [0.2, 0.25) is 0 Å². The Morgan fingerprint density at radius 2 is 2.15 bits per heavy atom. The second-order valence-corrected chi connectivity index (χ2v) is 8.66. The average Bonchev–Trinajstić information content (AvgIpc) is 3.19. The molecule has 0 bridgehead atoms. The predicted octanol–water partition coefficient (Wildman–Crippen LogP) is 2.25. The number of thiazole rings is 1. The van der Waals surface area contributed by atoms with Gasteiger partial charge in [0.1, 0.15) is 5.69 Å². The lowest BCUT2D eigenvalue weighted by Crippen LogP contribution is -2.17. The molecule has 0 aliphatic heterocycles. The minimum atomic E-state index is -3.31. The first-order chi connectivity index (χ1) is 12.3. The summed E-state index contributed by atoms with van der Waals surface area (Å²) < 4.78 is 27.7. The highest BCUT2D eigenvalue weighted by atomic mass is 32.2. The van der Waals surface area contributed by atoms with E-state index >= 15 is 0 Å². The molecule has 1 amide bonds. The van der Waals surface area contributed by atoms with E-state index in [4.69, 9.17) is 0 Å². The quantitative estimate of drug-likeness (QED) is 0.625. The summed E-state index contributed by atoms with van der Waals surface area (Å²) in [6, 6.07) is 6.52. The van der Waals surface area contributed by atoms with Gasteiger partial charge in [-0.15, -0.1) is 6.58 Å². The standard InChI is InChI=1S/C17H18N4O3S2/c1-4-10-20-13-7-6-12(26(3,23)24)11-15(13)25-17(20)19-16(22)14-8-9-18-21(14)5-2/h4,6-9,11H,1,5,10H2,2-3H3. The van der Waals surface area contributed by atoms with Crippen LogP contribution in [-0.4, -0.2) is 34.9 Å². The summed E-state index contributed by atoms with van der Waals surface area (Å²) in [5.41, 5.74) is 1.21. The van der Waals surface area contributed by atoms with Gasteiger partial charge in [0.05, 0.1) is 15.1 Å². The minimum absolute atomic E-state index is 0.235. The second-order valence-electron chi connectivity index (χ2n) is 5.63. The number of benzene rings is 1. The van der Waals surface area contributed by atoms with Gasteiger partial charge in [-0.05, 0) is 31.2 Å². The first-order valence-electron chi connectivity index (χ1n) is 7.90. The molecule has 7 nitrogen and oxygen atoms in total. The molecule has 0 aliphatic carbocycles. The molecule has 0 spiro atoms. The molecule has 26 heavy (non-hydrogen) atoms. The molecule has 9 heteroatoms. The summed E-state index contributed by atoms with van der Waals surface area (Å²) in [7, 11) is -3.31. The van der Waals surface area contributed by atoms with E-state index in [1.807, 2.05) is 11.5 Å². The lowest BCUT2D eigenvalue weighted by atomic mass is 10.3. The molecular formula is C17H18N4O3S2. The molecule has 3 aromatic rings. The number of sulfone groups is 1. The molecule has 0 N–H and O–H groups in total. The van der Waals surface area contributed by atoms with Gasteiger partial charge in [-0.3, -0.25) is 9.48 Å². The monoisotopic (exact) mass is 390 g/mol. The number of amides is 1. The maximum atomic E-state index is 12.6. The van der Waals surface area contributed by atoms with Crippen LogP contribution in [0.3, 0.4) is 0 Å². The molecule has 2 heterocycles. The second kappa shape index (κ2) is 7.00. The fourth-order valence-electron chi connectivity index (χ4n) is 2.59. The highest BCUT2D eigenvalue weighted by Gasteiger charge is 2.14. The van der Waals surface area contributed by atoms with Gasteiger partial charge in [-0.2, -0.15) is 10.1 Å². The lowest BCUT2D eigenvalue weighted by Gasteiger charge is -2.03. The van der Waals surface area contributed by atoms with E-state index in [0.717, 1.165) is 10.2 Å². The summed E-state index contributed by atoms with van der Waals surface area (Å²) >= 11 is 1.27. The van der Waals surface area contributed by atoms with E-state index in [1.165, 1.54) is 17.6 Å². The Kier molecular flexibility index (Phi) is 4.92. The zero-order chi connectivity index (χ0) is 18.9. The zero-order valence-corrected chi connectivity index (χ0v) is 16.0. The largest absolute Gasteiger partial charge is 0.312 e. The molecular weight excluding hydrogens is 372 g/mol. The van der Waals surface area contributed by atoms with Gasteiger partial charge < -0.3 is 4.57 Å². The van der Waals surface area contributed by atoms with Gasteiger partial charge in [0.2, 0.25) is 0 Å². The number of aryl methyl sites for hydroxylation is 1. The maximum absolute atomic E-state index is 12.6. The van der Waals surface area contributed by atoms with E-state index in [-0.39, 0.29) is 4.90 Å². The average molecular weight is 390 g/mol. The number of aromatic nitrogens is 3. The van der Waals surface area contributed by atoms with E-state index in [2.05, 4.69) is 16.7 Å². The molecule has 0 atom stereocenters. The van der Waals surface area contributed by atoms with E-state index < -0.39 is 15.7 Å². The normalized spacial score (nSPS) is 12.6. The number of hydrogen-bond acceptors (Lipinski definition) is 5. The van der Waals surface area contributed by atoms with Crippen LogP contribution in [0.25, 0.3) is 10.2 Å². The molecule has 0 unspecified atom stereocenters. The summed E-state index contributed by atoms with van der Waals surface area (Å²) in [6.45, 7) is 6.67. The molecule has 0 fully saturated rings. The number of hydrogen-bond donors (Lipinski definition) is 0. The number of nitrogens with zero attached hydrogens (tertiary/aromatic N) is 4. The van der Waals surface area contributed by atoms with Gasteiger partial charge in [-0.25, -0.2) is 8.42 Å². The number of carbonyl (C=O) groups is 1. The summed E-state index contributed by atoms with van der Waals surface area (Å²) in [4.78, 5) is 17.5. The summed E-state index contributed by atoms with van der Waals surface area (Å²) in [5, 5.41) is 4.09. The molecule has 0 saturated heterocycles. The van der Waals surface area contributed by atoms with Crippen molar-refractivity contribution >= 4 is 37.3 Å². The van der Waals surface area contributed by atoms with Crippen LogP contribution >= 0.6 is 11.3 Å². The fraction of sp³-hybridized carbons (Fsp3) is 0.235. The predicted molar refractivity (Wildman–Crippen MR) is 101 cm³/mol. The Hall–Kier alpha value is -2.52. The van der Waals surface area contributed by atoms with Crippen molar-refractivity contribution in [3.8, 4) is 0 Å². The Morgan fingerprint density at radius 3 is 2.81 bits per heavy atom. The number of allylic oxidation sites excluding steroid dienone is 1. The molecule has 136 valence electrons. The van der Waals surface area contributed by atoms with Crippen molar-refractivity contribution in [1.82, 2.24) is 14.3 Å². The smallest absolute Gasteiger partial charge is 0.297 e. The fourth-order valence-corrected chi connectivity index (χ4v) is 4.38. The third-order valence-electron chi connectivity index (χ3n) is 3.83. The van der Waals surface area contributed by atoms with E-state index in [0.29, 0.717) is 23.6 Å². The summed E-state index contributed by atoms with van der Waals surface area (Å²) in [6.07, 6.45) is 4.43. The van der Waals surface area contributed by atoms with Gasteiger partial charge in [0.15, 0.2) is 14.6 Å². The zero-order valence-electron chi connectivity index (χ0n) is 14.4. The Labute approximate surface area is 154 Å². The van der Waals surface area contributed by atoms with Crippen molar-refractivity contribution in [3.05, 3.63) is 53.6 Å². The highest BCUT2D eigenvalue weighted by molar-refractivity contribution is 7.90. The Bertz CT molecular complexity index is 1170. The van der Waals surface area contributed by atoms with Crippen LogP contribution < -0.4 is 4.80 Å². The Morgan fingerprint density at radius 1 is 1.38 bits per heavy atom. The van der Waals surface area contributed by atoms with Gasteiger partial charge in [-0.1, -0.05) is 17.4 Å². The number of carbonyl (C=O) groups excluding carboxylic acids is 1. The van der Waals surface area contributed by atoms with Gasteiger partial charge in [0.25, 0.3) is 5.91 Å². The van der Waals surface area contributed by atoms with Crippen LogP contribution in [0, 0.1) is 0 Å². The molecule has 1 aromatic carbocycles.